The first-order chi connectivity index (χ1) is 20.7. The van der Waals surface area contributed by atoms with Crippen LogP contribution in [-0.2, 0) is 0 Å². The molecular formula is C38H22N4. The Bertz CT molecular complexity index is 2300. The van der Waals surface area contributed by atoms with Crippen molar-refractivity contribution in [3.8, 4) is 34.6 Å². The van der Waals surface area contributed by atoms with Gasteiger partial charge in [0.1, 0.15) is 0 Å². The molecule has 0 radical (unpaired) electrons. The Balaban J connectivity index is 1.25. The van der Waals surface area contributed by atoms with Crippen molar-refractivity contribution in [2.45, 2.75) is 0 Å². The first kappa shape index (κ1) is 23.8. The van der Waals surface area contributed by atoms with Gasteiger partial charge in [-0.05, 0) is 83.9 Å². The molecule has 42 heavy (non-hydrogen) atoms. The quantitative estimate of drug-likeness (QED) is 0.227. The summed E-state index contributed by atoms with van der Waals surface area (Å²) in [5.74, 6) is 0. The molecule has 194 valence electrons. The van der Waals surface area contributed by atoms with Gasteiger partial charge < -0.3 is 9.13 Å². The number of fused-ring (bicyclic) bond motifs is 6. The van der Waals surface area contributed by atoms with Gasteiger partial charge in [-0.15, -0.1) is 0 Å². The van der Waals surface area contributed by atoms with Crippen LogP contribution in [0.5, 0.6) is 0 Å². The van der Waals surface area contributed by atoms with E-state index in [-0.39, 0.29) is 0 Å². The molecule has 4 heteroatoms. The summed E-state index contributed by atoms with van der Waals surface area (Å²) in [6.07, 6.45) is 0. The maximum atomic E-state index is 9.51. The van der Waals surface area contributed by atoms with Gasteiger partial charge in [-0.1, -0.05) is 60.7 Å². The Kier molecular flexibility index (Phi) is 5.22. The standard InChI is InChI=1S/C38H22N4/c39-23-25-12-18-37-33(20-25)34-21-26(24-40)13-19-38(34)41(37)29-16-14-27(15-17-29)28-6-5-7-30(22-28)42-35-10-3-1-8-31(35)32-9-2-4-11-36(32)42/h1-22H. The molecule has 4 nitrogen and oxygen atoms in total. The number of benzene rings is 6. The van der Waals surface area contributed by atoms with Gasteiger partial charge >= 0.3 is 0 Å². The van der Waals surface area contributed by atoms with Gasteiger partial charge in [0.15, 0.2) is 0 Å². The average molecular weight is 535 g/mol. The lowest BCUT2D eigenvalue weighted by atomic mass is 10.0. The largest absolute Gasteiger partial charge is 0.309 e. The van der Waals surface area contributed by atoms with Crippen LogP contribution in [-0.4, -0.2) is 9.13 Å². The second kappa shape index (κ2) is 9.24. The number of rotatable bonds is 3. The molecule has 0 fully saturated rings. The van der Waals surface area contributed by atoms with Gasteiger partial charge in [0.25, 0.3) is 0 Å². The molecule has 0 unspecified atom stereocenters. The van der Waals surface area contributed by atoms with Gasteiger partial charge in [0.05, 0.1) is 45.3 Å². The summed E-state index contributed by atoms with van der Waals surface area (Å²) in [5.41, 5.74) is 9.99. The zero-order chi connectivity index (χ0) is 28.2. The molecule has 2 heterocycles. The van der Waals surface area contributed by atoms with Gasteiger partial charge in [-0.3, -0.25) is 0 Å². The minimum atomic E-state index is 0.599. The van der Waals surface area contributed by atoms with Crippen molar-refractivity contribution in [2.75, 3.05) is 0 Å². The third-order valence-electron chi connectivity index (χ3n) is 8.17. The monoisotopic (exact) mass is 534 g/mol. The number of hydrogen-bond acceptors (Lipinski definition) is 2. The van der Waals surface area contributed by atoms with E-state index in [0.29, 0.717) is 11.1 Å². The maximum Gasteiger partial charge on any atom is 0.0991 e. The molecule has 0 aliphatic heterocycles. The molecule has 2 aromatic heterocycles. The fourth-order valence-corrected chi connectivity index (χ4v) is 6.27. The van der Waals surface area contributed by atoms with Crippen LogP contribution in [0.15, 0.2) is 133 Å². The number of aromatic nitrogens is 2. The Morgan fingerprint density at radius 2 is 0.905 bits per heavy atom. The van der Waals surface area contributed by atoms with E-state index in [2.05, 4.69) is 118 Å². The van der Waals surface area contributed by atoms with E-state index in [4.69, 9.17) is 0 Å². The third-order valence-corrected chi connectivity index (χ3v) is 8.17. The van der Waals surface area contributed by atoms with Crippen molar-refractivity contribution in [3.63, 3.8) is 0 Å². The highest BCUT2D eigenvalue weighted by Crippen LogP contribution is 2.35. The summed E-state index contributed by atoms with van der Waals surface area (Å²) >= 11 is 0. The third kappa shape index (κ3) is 3.53. The van der Waals surface area contributed by atoms with Crippen LogP contribution in [0.3, 0.4) is 0 Å². The second-order valence-corrected chi connectivity index (χ2v) is 10.5. The smallest absolute Gasteiger partial charge is 0.0991 e. The normalized spacial score (nSPS) is 11.3. The van der Waals surface area contributed by atoms with Crippen LogP contribution in [0.25, 0.3) is 66.1 Å². The molecule has 8 rings (SSSR count). The summed E-state index contributed by atoms with van der Waals surface area (Å²) in [6, 6.07) is 50.4. The van der Waals surface area contributed by atoms with E-state index in [0.717, 1.165) is 44.3 Å². The lowest BCUT2D eigenvalue weighted by molar-refractivity contribution is 1.18. The number of hydrogen-bond donors (Lipinski definition) is 0. The van der Waals surface area contributed by atoms with Gasteiger partial charge in [0.2, 0.25) is 0 Å². The second-order valence-electron chi connectivity index (χ2n) is 10.5. The topological polar surface area (TPSA) is 57.4 Å². The molecular weight excluding hydrogens is 512 g/mol. The van der Waals surface area contributed by atoms with Crippen LogP contribution >= 0.6 is 0 Å². The number of nitriles is 2. The molecule has 6 aromatic carbocycles. The highest BCUT2D eigenvalue weighted by molar-refractivity contribution is 6.10. The SMILES string of the molecule is N#Cc1ccc2c(c1)c1cc(C#N)ccc1n2-c1ccc(-c2cccc(-n3c4ccccc4c4ccccc43)c2)cc1. The van der Waals surface area contributed by atoms with Crippen molar-refractivity contribution in [2.24, 2.45) is 0 Å². The van der Waals surface area contributed by atoms with Crippen LogP contribution in [0, 0.1) is 22.7 Å². The van der Waals surface area contributed by atoms with E-state index < -0.39 is 0 Å². The molecule has 0 N–H and O–H groups in total. The van der Waals surface area contributed by atoms with Crippen LogP contribution in [0.4, 0.5) is 0 Å². The maximum absolute atomic E-state index is 9.51. The lowest BCUT2D eigenvalue weighted by Gasteiger charge is -2.12. The summed E-state index contributed by atoms with van der Waals surface area (Å²) in [7, 11) is 0. The average Bonchev–Trinajstić information content (AvgIpc) is 3.57. The predicted molar refractivity (Wildman–Crippen MR) is 170 cm³/mol. The van der Waals surface area contributed by atoms with E-state index >= 15 is 0 Å². The Labute approximate surface area is 242 Å². The van der Waals surface area contributed by atoms with E-state index in [1.54, 1.807) is 0 Å². The van der Waals surface area contributed by atoms with E-state index in [1.165, 1.54) is 21.8 Å². The van der Waals surface area contributed by atoms with Gasteiger partial charge in [-0.25, -0.2) is 0 Å². The molecule has 0 amide bonds. The summed E-state index contributed by atoms with van der Waals surface area (Å²) in [5, 5.41) is 23.4. The van der Waals surface area contributed by atoms with Crippen molar-refractivity contribution >= 4 is 43.6 Å². The molecule has 0 aliphatic carbocycles. The Hall–Kier alpha value is -6.10. The Morgan fingerprint density at radius 1 is 0.381 bits per heavy atom. The van der Waals surface area contributed by atoms with Crippen LogP contribution in [0.2, 0.25) is 0 Å². The van der Waals surface area contributed by atoms with E-state index in [1.807, 2.05) is 36.4 Å². The van der Waals surface area contributed by atoms with Crippen molar-refractivity contribution < 1.29 is 0 Å². The molecule has 0 saturated carbocycles. The fourth-order valence-electron chi connectivity index (χ4n) is 6.27. The molecule has 0 spiro atoms. The minimum absolute atomic E-state index is 0.599. The summed E-state index contributed by atoms with van der Waals surface area (Å²) in [6.45, 7) is 0. The van der Waals surface area contributed by atoms with Gasteiger partial charge in [0, 0.05) is 32.9 Å². The summed E-state index contributed by atoms with van der Waals surface area (Å²) < 4.78 is 4.54. The van der Waals surface area contributed by atoms with Crippen molar-refractivity contribution in [1.82, 2.24) is 9.13 Å². The van der Waals surface area contributed by atoms with Crippen molar-refractivity contribution in [1.29, 1.82) is 10.5 Å². The first-order valence-electron chi connectivity index (χ1n) is 13.8. The molecule has 0 bridgehead atoms. The first-order valence-corrected chi connectivity index (χ1v) is 13.8. The Morgan fingerprint density at radius 3 is 1.48 bits per heavy atom. The molecule has 0 atom stereocenters. The zero-order valence-electron chi connectivity index (χ0n) is 22.5. The minimum Gasteiger partial charge on any atom is -0.309 e. The molecule has 8 aromatic rings. The lowest BCUT2D eigenvalue weighted by Crippen LogP contribution is -1.95. The fraction of sp³-hybridized carbons (Fsp3) is 0. The van der Waals surface area contributed by atoms with Crippen molar-refractivity contribution in [3.05, 3.63) is 145 Å². The number of para-hydroxylation sites is 2. The number of nitrogens with zero attached hydrogens (tertiary/aromatic N) is 4. The molecule has 0 saturated heterocycles. The highest BCUT2D eigenvalue weighted by atomic mass is 15.0. The predicted octanol–water partition coefficient (Wildman–Crippen LogP) is 9.29. The molecule has 0 aliphatic rings. The van der Waals surface area contributed by atoms with Crippen LogP contribution in [0.1, 0.15) is 11.1 Å². The zero-order valence-corrected chi connectivity index (χ0v) is 22.5. The van der Waals surface area contributed by atoms with E-state index in [9.17, 15) is 10.5 Å². The highest BCUT2D eigenvalue weighted by Gasteiger charge is 2.15. The summed E-state index contributed by atoms with van der Waals surface area (Å²) in [4.78, 5) is 0. The van der Waals surface area contributed by atoms with Gasteiger partial charge in [-0.2, -0.15) is 10.5 Å². The van der Waals surface area contributed by atoms with Crippen LogP contribution < -0.4 is 0 Å².